The first-order valence-electron chi connectivity index (χ1n) is 7.54. The second-order valence-corrected chi connectivity index (χ2v) is 5.96. The van der Waals surface area contributed by atoms with Gasteiger partial charge in [0.25, 0.3) is 0 Å². The van der Waals surface area contributed by atoms with Crippen LogP contribution in [-0.2, 0) is 5.54 Å². The van der Waals surface area contributed by atoms with Crippen molar-refractivity contribution in [2.24, 2.45) is 0 Å². The fourth-order valence-electron chi connectivity index (χ4n) is 2.45. The number of para-hydroxylation sites is 1. The molecule has 3 N–H and O–H groups in total. The summed E-state index contributed by atoms with van der Waals surface area (Å²) < 4.78 is 0. The number of rotatable bonds is 7. The summed E-state index contributed by atoms with van der Waals surface area (Å²) in [6, 6.07) is 17.5. The number of likely N-dealkylation sites (N-methyl/N-ethyl adjacent to an activating group) is 1. The summed E-state index contributed by atoms with van der Waals surface area (Å²) in [7, 11) is 0. The summed E-state index contributed by atoms with van der Waals surface area (Å²) in [5, 5.41) is 18.1. The standard InChI is InChI=1S/C18H23ClN2O/c1-3-20-13-17(22)18(2,14-9-11-15(19)12-10-14)21-16-7-5-4-6-8-16/h4-12,17,20-22H,3,13H2,1-2H3. The summed E-state index contributed by atoms with van der Waals surface area (Å²) in [5.74, 6) is 0. The molecule has 22 heavy (non-hydrogen) atoms. The van der Waals surface area contributed by atoms with Crippen LogP contribution in [0.4, 0.5) is 5.69 Å². The molecular weight excluding hydrogens is 296 g/mol. The molecule has 0 saturated heterocycles. The molecule has 2 atom stereocenters. The topological polar surface area (TPSA) is 44.3 Å². The predicted octanol–water partition coefficient (Wildman–Crippen LogP) is 3.64. The van der Waals surface area contributed by atoms with Crippen LogP contribution in [0.3, 0.4) is 0 Å². The molecule has 0 spiro atoms. The van der Waals surface area contributed by atoms with E-state index in [1.165, 1.54) is 0 Å². The molecule has 0 aliphatic carbocycles. The minimum Gasteiger partial charge on any atom is -0.389 e. The number of halogens is 1. The Morgan fingerprint density at radius 1 is 1.09 bits per heavy atom. The average molecular weight is 319 g/mol. The molecule has 4 heteroatoms. The Kier molecular flexibility index (Phi) is 5.83. The lowest BCUT2D eigenvalue weighted by Crippen LogP contribution is -2.48. The molecule has 2 aromatic rings. The zero-order valence-corrected chi connectivity index (χ0v) is 13.8. The summed E-state index contributed by atoms with van der Waals surface area (Å²) in [4.78, 5) is 0. The van der Waals surface area contributed by atoms with Gasteiger partial charge in [-0.25, -0.2) is 0 Å². The van der Waals surface area contributed by atoms with E-state index in [2.05, 4.69) is 10.6 Å². The number of aliphatic hydroxyl groups excluding tert-OH is 1. The number of hydrogen-bond donors (Lipinski definition) is 3. The first-order valence-corrected chi connectivity index (χ1v) is 7.92. The van der Waals surface area contributed by atoms with Crippen molar-refractivity contribution >= 4 is 17.3 Å². The lowest BCUT2D eigenvalue weighted by Gasteiger charge is -2.37. The smallest absolute Gasteiger partial charge is 0.0933 e. The van der Waals surface area contributed by atoms with E-state index in [1.807, 2.05) is 68.4 Å². The van der Waals surface area contributed by atoms with E-state index >= 15 is 0 Å². The third-order valence-electron chi connectivity index (χ3n) is 3.88. The van der Waals surface area contributed by atoms with Gasteiger partial charge in [-0.2, -0.15) is 0 Å². The Labute approximate surface area is 137 Å². The maximum atomic E-state index is 10.7. The average Bonchev–Trinajstić information content (AvgIpc) is 2.54. The summed E-state index contributed by atoms with van der Waals surface area (Å²) >= 11 is 5.99. The Morgan fingerprint density at radius 3 is 2.32 bits per heavy atom. The third kappa shape index (κ3) is 4.01. The van der Waals surface area contributed by atoms with Gasteiger partial charge in [0, 0.05) is 17.3 Å². The predicted molar refractivity (Wildman–Crippen MR) is 93.4 cm³/mol. The monoisotopic (exact) mass is 318 g/mol. The van der Waals surface area contributed by atoms with E-state index in [-0.39, 0.29) is 0 Å². The van der Waals surface area contributed by atoms with Crippen LogP contribution < -0.4 is 10.6 Å². The molecule has 0 heterocycles. The molecule has 3 nitrogen and oxygen atoms in total. The molecule has 118 valence electrons. The lowest BCUT2D eigenvalue weighted by atomic mass is 9.85. The Hall–Kier alpha value is -1.55. The van der Waals surface area contributed by atoms with Gasteiger partial charge in [0.05, 0.1) is 11.6 Å². The lowest BCUT2D eigenvalue weighted by molar-refractivity contribution is 0.104. The van der Waals surface area contributed by atoms with Gasteiger partial charge in [-0.15, -0.1) is 0 Å². The first-order chi connectivity index (χ1) is 10.6. The Morgan fingerprint density at radius 2 is 1.73 bits per heavy atom. The van der Waals surface area contributed by atoms with Crippen molar-refractivity contribution in [3.8, 4) is 0 Å². The minimum absolute atomic E-state index is 0.509. The quantitative estimate of drug-likeness (QED) is 0.730. The summed E-state index contributed by atoms with van der Waals surface area (Å²) in [5.41, 5.74) is 1.34. The van der Waals surface area contributed by atoms with E-state index in [0.29, 0.717) is 11.6 Å². The van der Waals surface area contributed by atoms with Gasteiger partial charge in [-0.1, -0.05) is 48.9 Å². The van der Waals surface area contributed by atoms with Crippen molar-refractivity contribution in [1.29, 1.82) is 0 Å². The van der Waals surface area contributed by atoms with Crippen LogP contribution in [0.5, 0.6) is 0 Å². The first kappa shape index (κ1) is 16.8. The third-order valence-corrected chi connectivity index (χ3v) is 4.13. The number of aliphatic hydroxyl groups is 1. The molecule has 0 bridgehead atoms. The highest BCUT2D eigenvalue weighted by Crippen LogP contribution is 2.30. The number of hydrogen-bond acceptors (Lipinski definition) is 3. The van der Waals surface area contributed by atoms with Crippen LogP contribution >= 0.6 is 11.6 Å². The molecule has 2 unspecified atom stereocenters. The maximum Gasteiger partial charge on any atom is 0.0933 e. The zero-order valence-electron chi connectivity index (χ0n) is 13.0. The van der Waals surface area contributed by atoms with Gasteiger partial charge >= 0.3 is 0 Å². The molecule has 0 saturated carbocycles. The van der Waals surface area contributed by atoms with E-state index in [1.54, 1.807) is 0 Å². The van der Waals surface area contributed by atoms with Gasteiger partial charge in [0.2, 0.25) is 0 Å². The number of benzene rings is 2. The van der Waals surface area contributed by atoms with Crippen LogP contribution in [0, 0.1) is 0 Å². The fourth-order valence-corrected chi connectivity index (χ4v) is 2.58. The molecule has 0 aromatic heterocycles. The SMILES string of the molecule is CCNCC(O)C(C)(Nc1ccccc1)c1ccc(Cl)cc1. The minimum atomic E-state index is -0.617. The van der Waals surface area contributed by atoms with Crippen molar-refractivity contribution in [1.82, 2.24) is 5.32 Å². The van der Waals surface area contributed by atoms with E-state index in [9.17, 15) is 5.11 Å². The van der Waals surface area contributed by atoms with E-state index < -0.39 is 11.6 Å². The highest BCUT2D eigenvalue weighted by Gasteiger charge is 2.34. The molecule has 0 fully saturated rings. The number of anilines is 1. The van der Waals surface area contributed by atoms with E-state index in [4.69, 9.17) is 11.6 Å². The van der Waals surface area contributed by atoms with Crippen LogP contribution in [0.1, 0.15) is 19.4 Å². The normalized spacial score (nSPS) is 15.1. The Balaban J connectivity index is 2.32. The van der Waals surface area contributed by atoms with Crippen LogP contribution in [0.25, 0.3) is 0 Å². The van der Waals surface area contributed by atoms with E-state index in [0.717, 1.165) is 17.8 Å². The highest BCUT2D eigenvalue weighted by molar-refractivity contribution is 6.30. The van der Waals surface area contributed by atoms with Crippen molar-refractivity contribution in [3.63, 3.8) is 0 Å². The molecule has 2 aromatic carbocycles. The fraction of sp³-hybridized carbons (Fsp3) is 0.333. The molecular formula is C18H23ClN2O. The van der Waals surface area contributed by atoms with Crippen LogP contribution in [-0.4, -0.2) is 24.3 Å². The molecule has 2 rings (SSSR count). The van der Waals surface area contributed by atoms with Gasteiger partial charge < -0.3 is 15.7 Å². The molecule has 0 aliphatic heterocycles. The largest absolute Gasteiger partial charge is 0.389 e. The second kappa shape index (κ2) is 7.63. The van der Waals surface area contributed by atoms with Crippen molar-refractivity contribution < 1.29 is 5.11 Å². The highest BCUT2D eigenvalue weighted by atomic mass is 35.5. The Bertz CT molecular complexity index is 573. The molecule has 0 amide bonds. The van der Waals surface area contributed by atoms with Gasteiger partial charge in [0.1, 0.15) is 0 Å². The van der Waals surface area contributed by atoms with Gasteiger partial charge in [-0.05, 0) is 43.3 Å². The van der Waals surface area contributed by atoms with Crippen molar-refractivity contribution in [2.45, 2.75) is 25.5 Å². The van der Waals surface area contributed by atoms with Crippen molar-refractivity contribution in [2.75, 3.05) is 18.4 Å². The second-order valence-electron chi connectivity index (χ2n) is 5.52. The molecule has 0 aliphatic rings. The maximum absolute atomic E-state index is 10.7. The number of nitrogens with one attached hydrogen (secondary N) is 2. The van der Waals surface area contributed by atoms with Gasteiger partial charge in [-0.3, -0.25) is 0 Å². The van der Waals surface area contributed by atoms with Gasteiger partial charge in [0.15, 0.2) is 0 Å². The molecule has 0 radical (unpaired) electrons. The summed E-state index contributed by atoms with van der Waals surface area (Å²) in [6.07, 6.45) is -0.589. The van der Waals surface area contributed by atoms with Crippen molar-refractivity contribution in [3.05, 3.63) is 65.2 Å². The van der Waals surface area contributed by atoms with Crippen LogP contribution in [0.2, 0.25) is 5.02 Å². The zero-order chi connectivity index (χ0) is 16.0. The van der Waals surface area contributed by atoms with Crippen LogP contribution in [0.15, 0.2) is 54.6 Å². The summed E-state index contributed by atoms with van der Waals surface area (Å²) in [6.45, 7) is 5.36.